The van der Waals surface area contributed by atoms with Crippen LogP contribution < -0.4 is 10.1 Å². The summed E-state index contributed by atoms with van der Waals surface area (Å²) in [5.41, 5.74) is 1.04. The average molecular weight is 338 g/mol. The average Bonchev–Trinajstić information content (AvgIpc) is 2.44. The molecule has 0 spiro atoms. The number of aromatic nitrogens is 2. The summed E-state index contributed by atoms with van der Waals surface area (Å²) in [5.74, 6) is 1.90. The van der Waals surface area contributed by atoms with E-state index in [1.54, 1.807) is 7.11 Å². The molecule has 2 aromatic rings. The van der Waals surface area contributed by atoms with Crippen LogP contribution in [0, 0.1) is 0 Å². The molecule has 5 nitrogen and oxygen atoms in total. The van der Waals surface area contributed by atoms with Gasteiger partial charge in [0.2, 0.25) is 5.88 Å². The zero-order valence-electron chi connectivity index (χ0n) is 11.4. The molecule has 0 saturated heterocycles. The summed E-state index contributed by atoms with van der Waals surface area (Å²) in [7, 11) is 1.66. The molecule has 1 aromatic carbocycles. The molecule has 1 aromatic heterocycles. The predicted molar refractivity (Wildman–Crippen MR) is 81.1 cm³/mol. The van der Waals surface area contributed by atoms with Crippen molar-refractivity contribution in [2.45, 2.75) is 13.5 Å². The normalized spacial score (nSPS) is 10.3. The van der Waals surface area contributed by atoms with Crippen LogP contribution >= 0.6 is 15.9 Å². The molecule has 1 N–H and O–H groups in total. The van der Waals surface area contributed by atoms with Crippen molar-refractivity contribution in [1.82, 2.24) is 9.97 Å². The number of halogens is 1. The summed E-state index contributed by atoms with van der Waals surface area (Å²) in [5, 5.41) is 3.14. The minimum atomic E-state index is 0.477. The van der Waals surface area contributed by atoms with Crippen LogP contribution in [0.4, 0.5) is 5.82 Å². The molecule has 0 unspecified atom stereocenters. The first-order valence-corrected chi connectivity index (χ1v) is 7.04. The van der Waals surface area contributed by atoms with Gasteiger partial charge in [0.25, 0.3) is 0 Å². The third-order valence-corrected chi connectivity index (χ3v) is 3.24. The molecule has 0 atom stereocenters. The Morgan fingerprint density at radius 1 is 1.30 bits per heavy atom. The fourth-order valence-corrected chi connectivity index (χ4v) is 2.12. The minimum absolute atomic E-state index is 0.477. The van der Waals surface area contributed by atoms with Crippen LogP contribution in [0.3, 0.4) is 0 Å². The number of rotatable bonds is 6. The van der Waals surface area contributed by atoms with Crippen LogP contribution in [0.1, 0.15) is 12.5 Å². The van der Waals surface area contributed by atoms with Crippen molar-refractivity contribution in [3.63, 3.8) is 0 Å². The molecule has 0 aliphatic heterocycles. The van der Waals surface area contributed by atoms with Crippen molar-refractivity contribution < 1.29 is 9.47 Å². The van der Waals surface area contributed by atoms with E-state index >= 15 is 0 Å². The monoisotopic (exact) mass is 337 g/mol. The standard InChI is InChI=1S/C14H16BrN3O2/c1-3-16-13-12(15)14(18-9-17-13)20-11-6-4-5-10(7-11)8-19-2/h4-7,9H,3,8H2,1-2H3,(H,16,17,18). The summed E-state index contributed by atoms with van der Waals surface area (Å²) in [4.78, 5) is 8.29. The molecule has 0 bridgehead atoms. The smallest absolute Gasteiger partial charge is 0.238 e. The summed E-state index contributed by atoms with van der Waals surface area (Å²) in [6.07, 6.45) is 1.47. The summed E-state index contributed by atoms with van der Waals surface area (Å²) in [6, 6.07) is 7.70. The largest absolute Gasteiger partial charge is 0.438 e. The number of ether oxygens (including phenoxy) is 2. The first-order chi connectivity index (χ1) is 9.74. The number of hydrogen-bond donors (Lipinski definition) is 1. The lowest BCUT2D eigenvalue weighted by Crippen LogP contribution is -2.02. The Labute approximate surface area is 126 Å². The molecule has 0 fully saturated rings. The van der Waals surface area contributed by atoms with E-state index in [4.69, 9.17) is 9.47 Å². The first-order valence-electron chi connectivity index (χ1n) is 6.24. The fraction of sp³-hybridized carbons (Fsp3) is 0.286. The molecule has 0 aliphatic rings. The molecule has 6 heteroatoms. The van der Waals surface area contributed by atoms with Crippen LogP contribution in [0.2, 0.25) is 0 Å². The van der Waals surface area contributed by atoms with Gasteiger partial charge in [-0.05, 0) is 40.5 Å². The Morgan fingerprint density at radius 2 is 2.15 bits per heavy atom. The van der Waals surface area contributed by atoms with E-state index in [0.717, 1.165) is 12.1 Å². The van der Waals surface area contributed by atoms with Gasteiger partial charge in [-0.3, -0.25) is 0 Å². The molecule has 0 radical (unpaired) electrons. The van der Waals surface area contributed by atoms with Gasteiger partial charge in [-0.25, -0.2) is 9.97 Å². The fourth-order valence-electron chi connectivity index (χ4n) is 1.69. The van der Waals surface area contributed by atoms with Gasteiger partial charge in [0, 0.05) is 13.7 Å². The Morgan fingerprint density at radius 3 is 2.90 bits per heavy atom. The van der Waals surface area contributed by atoms with Gasteiger partial charge in [0.05, 0.1) is 6.61 Å². The molecule has 0 saturated carbocycles. The van der Waals surface area contributed by atoms with Gasteiger partial charge in [-0.1, -0.05) is 12.1 Å². The van der Waals surface area contributed by atoms with Gasteiger partial charge in [0.15, 0.2) is 0 Å². The number of benzene rings is 1. The quantitative estimate of drug-likeness (QED) is 0.872. The summed E-state index contributed by atoms with van der Waals surface area (Å²) < 4.78 is 11.6. The van der Waals surface area contributed by atoms with Crippen molar-refractivity contribution in [1.29, 1.82) is 0 Å². The van der Waals surface area contributed by atoms with Crippen molar-refractivity contribution in [3.05, 3.63) is 40.6 Å². The topological polar surface area (TPSA) is 56.3 Å². The SMILES string of the molecule is CCNc1ncnc(Oc2cccc(COC)c2)c1Br. The number of nitrogens with zero attached hydrogens (tertiary/aromatic N) is 2. The number of methoxy groups -OCH3 is 1. The zero-order chi connectivity index (χ0) is 14.4. The lowest BCUT2D eigenvalue weighted by Gasteiger charge is -2.10. The third-order valence-electron chi connectivity index (χ3n) is 2.53. The van der Waals surface area contributed by atoms with Crippen molar-refractivity contribution in [2.24, 2.45) is 0 Å². The van der Waals surface area contributed by atoms with Gasteiger partial charge in [-0.15, -0.1) is 0 Å². The van der Waals surface area contributed by atoms with Gasteiger partial charge in [0.1, 0.15) is 22.4 Å². The second-order valence-corrected chi connectivity index (χ2v) is 4.85. The van der Waals surface area contributed by atoms with Crippen LogP contribution in [0.25, 0.3) is 0 Å². The van der Waals surface area contributed by atoms with Crippen molar-refractivity contribution in [2.75, 3.05) is 19.0 Å². The van der Waals surface area contributed by atoms with E-state index < -0.39 is 0 Å². The van der Waals surface area contributed by atoms with E-state index in [1.165, 1.54) is 6.33 Å². The maximum absolute atomic E-state index is 5.79. The minimum Gasteiger partial charge on any atom is -0.438 e. The number of hydrogen-bond acceptors (Lipinski definition) is 5. The van der Waals surface area contributed by atoms with Crippen LogP contribution in [-0.2, 0) is 11.3 Å². The highest BCUT2D eigenvalue weighted by Gasteiger charge is 2.10. The summed E-state index contributed by atoms with van der Waals surface area (Å²) >= 11 is 3.45. The van der Waals surface area contributed by atoms with Gasteiger partial charge in [-0.2, -0.15) is 0 Å². The van der Waals surface area contributed by atoms with E-state index in [1.807, 2.05) is 31.2 Å². The molecular weight excluding hydrogens is 322 g/mol. The number of anilines is 1. The lowest BCUT2D eigenvalue weighted by molar-refractivity contribution is 0.184. The molecule has 0 amide bonds. The zero-order valence-corrected chi connectivity index (χ0v) is 13.0. The third kappa shape index (κ3) is 3.68. The van der Waals surface area contributed by atoms with Gasteiger partial charge < -0.3 is 14.8 Å². The Balaban J connectivity index is 2.21. The van der Waals surface area contributed by atoms with Crippen LogP contribution in [0.5, 0.6) is 11.6 Å². The first kappa shape index (κ1) is 14.7. The second-order valence-electron chi connectivity index (χ2n) is 4.05. The highest BCUT2D eigenvalue weighted by Crippen LogP contribution is 2.32. The van der Waals surface area contributed by atoms with Crippen molar-refractivity contribution in [3.8, 4) is 11.6 Å². The second kappa shape index (κ2) is 7.21. The van der Waals surface area contributed by atoms with Gasteiger partial charge >= 0.3 is 0 Å². The molecule has 106 valence electrons. The maximum atomic E-state index is 5.79. The molecular formula is C14H16BrN3O2. The highest BCUT2D eigenvalue weighted by molar-refractivity contribution is 9.10. The van der Waals surface area contributed by atoms with E-state index in [-0.39, 0.29) is 0 Å². The Bertz CT molecular complexity index is 578. The van der Waals surface area contributed by atoms with E-state index in [9.17, 15) is 0 Å². The van der Waals surface area contributed by atoms with E-state index in [2.05, 4.69) is 31.2 Å². The van der Waals surface area contributed by atoms with Crippen molar-refractivity contribution >= 4 is 21.7 Å². The molecule has 20 heavy (non-hydrogen) atoms. The van der Waals surface area contributed by atoms with E-state index in [0.29, 0.717) is 28.5 Å². The lowest BCUT2D eigenvalue weighted by atomic mass is 10.2. The van der Waals surface area contributed by atoms with Crippen LogP contribution in [0.15, 0.2) is 35.1 Å². The number of nitrogens with one attached hydrogen (secondary N) is 1. The Hall–Kier alpha value is -1.66. The van der Waals surface area contributed by atoms with Crippen LogP contribution in [-0.4, -0.2) is 23.6 Å². The highest BCUT2D eigenvalue weighted by atomic mass is 79.9. The maximum Gasteiger partial charge on any atom is 0.238 e. The molecule has 1 heterocycles. The summed E-state index contributed by atoms with van der Waals surface area (Å²) in [6.45, 7) is 3.33. The Kier molecular flexibility index (Phi) is 5.31. The predicted octanol–water partition coefficient (Wildman–Crippen LogP) is 3.61. The molecule has 0 aliphatic carbocycles. The molecule has 2 rings (SSSR count).